The second kappa shape index (κ2) is 6.30. The number of ether oxygens (including phenoxy) is 1. The molecular formula is C11H18N6O2. The van der Waals surface area contributed by atoms with Gasteiger partial charge in [-0.1, -0.05) is 0 Å². The van der Waals surface area contributed by atoms with E-state index in [-0.39, 0.29) is 11.9 Å². The third kappa shape index (κ3) is 3.09. The average Bonchev–Trinajstić information content (AvgIpc) is 2.47. The van der Waals surface area contributed by atoms with Crippen molar-refractivity contribution in [2.24, 2.45) is 5.84 Å². The summed E-state index contributed by atoms with van der Waals surface area (Å²) in [5.74, 6) is 6.20. The number of nitrogens with zero attached hydrogens (tertiary/aromatic N) is 3. The number of morpholine rings is 1. The van der Waals surface area contributed by atoms with Gasteiger partial charge in [-0.15, -0.1) is 0 Å². The third-order valence-electron chi connectivity index (χ3n) is 2.85. The second-order valence-electron chi connectivity index (χ2n) is 4.06. The maximum atomic E-state index is 12.0. The Morgan fingerprint density at radius 3 is 3.26 bits per heavy atom. The molecule has 1 aliphatic rings. The number of nitrogen functional groups attached to an aromatic ring is 1. The molecule has 0 bridgehead atoms. The number of amides is 1. The van der Waals surface area contributed by atoms with Crippen molar-refractivity contribution in [2.75, 3.05) is 36.6 Å². The topological polar surface area (TPSA) is 105 Å². The van der Waals surface area contributed by atoms with Crippen LogP contribution < -0.4 is 21.5 Å². The number of nitrogens with two attached hydrogens (primary N) is 1. The number of nitrogens with one attached hydrogen (secondary N) is 2. The molecule has 1 aromatic heterocycles. The number of aromatic nitrogens is 2. The van der Waals surface area contributed by atoms with Crippen LogP contribution in [0.5, 0.6) is 0 Å². The number of carbonyl (C=O) groups is 1. The summed E-state index contributed by atoms with van der Waals surface area (Å²) in [6, 6.07) is 1.37. The highest BCUT2D eigenvalue weighted by molar-refractivity contribution is 5.85. The molecule has 2 rings (SSSR count). The molecule has 0 radical (unpaired) electrons. The SMILES string of the molecule is CCNC(=O)C1COCCN1c1ccnc(NN)n1. The van der Waals surface area contributed by atoms with E-state index in [0.29, 0.717) is 38.1 Å². The molecule has 1 amide bonds. The number of anilines is 2. The Bertz CT molecular complexity index is 441. The lowest BCUT2D eigenvalue weighted by Crippen LogP contribution is -2.54. The van der Waals surface area contributed by atoms with Crippen LogP contribution in [-0.4, -0.2) is 48.2 Å². The number of likely N-dealkylation sites (N-methyl/N-ethyl adjacent to an activating group) is 1. The van der Waals surface area contributed by atoms with Gasteiger partial charge in [-0.25, -0.2) is 10.8 Å². The lowest BCUT2D eigenvalue weighted by molar-refractivity contribution is -0.124. The van der Waals surface area contributed by atoms with Crippen LogP contribution in [-0.2, 0) is 9.53 Å². The summed E-state index contributed by atoms with van der Waals surface area (Å²) in [6.07, 6.45) is 1.60. The molecule has 0 spiro atoms. The number of hydrogen-bond donors (Lipinski definition) is 3. The predicted octanol–water partition coefficient (Wildman–Crippen LogP) is -0.896. The molecule has 1 saturated heterocycles. The van der Waals surface area contributed by atoms with Crippen LogP contribution in [0.1, 0.15) is 6.92 Å². The molecular weight excluding hydrogens is 248 g/mol. The molecule has 0 aliphatic carbocycles. The highest BCUT2D eigenvalue weighted by Crippen LogP contribution is 2.18. The normalized spacial score (nSPS) is 19.1. The molecule has 4 N–H and O–H groups in total. The molecule has 19 heavy (non-hydrogen) atoms. The van der Waals surface area contributed by atoms with E-state index in [1.165, 1.54) is 0 Å². The van der Waals surface area contributed by atoms with Gasteiger partial charge in [0.2, 0.25) is 11.9 Å². The van der Waals surface area contributed by atoms with Gasteiger partial charge in [0.15, 0.2) is 0 Å². The van der Waals surface area contributed by atoms with Gasteiger partial charge in [0.1, 0.15) is 11.9 Å². The first-order valence-electron chi connectivity index (χ1n) is 6.18. The van der Waals surface area contributed by atoms with E-state index in [1.54, 1.807) is 12.3 Å². The van der Waals surface area contributed by atoms with E-state index in [9.17, 15) is 4.79 Å². The smallest absolute Gasteiger partial charge is 0.245 e. The monoisotopic (exact) mass is 266 g/mol. The molecule has 8 heteroatoms. The van der Waals surface area contributed by atoms with Gasteiger partial charge in [0, 0.05) is 19.3 Å². The molecule has 1 atom stereocenters. The fraction of sp³-hybridized carbons (Fsp3) is 0.545. The Morgan fingerprint density at radius 1 is 1.68 bits per heavy atom. The minimum atomic E-state index is -0.380. The summed E-state index contributed by atoms with van der Waals surface area (Å²) in [4.78, 5) is 22.1. The first-order chi connectivity index (χ1) is 9.26. The summed E-state index contributed by atoms with van der Waals surface area (Å²) in [6.45, 7) is 3.98. The molecule has 0 saturated carbocycles. The van der Waals surface area contributed by atoms with Crippen LogP contribution in [0.4, 0.5) is 11.8 Å². The van der Waals surface area contributed by atoms with Gasteiger partial charge in [0.05, 0.1) is 13.2 Å². The zero-order valence-electron chi connectivity index (χ0n) is 10.8. The fourth-order valence-electron chi connectivity index (χ4n) is 1.97. The van der Waals surface area contributed by atoms with E-state index in [4.69, 9.17) is 10.6 Å². The quantitative estimate of drug-likeness (QED) is 0.479. The zero-order chi connectivity index (χ0) is 13.7. The van der Waals surface area contributed by atoms with Gasteiger partial charge in [-0.05, 0) is 13.0 Å². The van der Waals surface area contributed by atoms with Crippen molar-refractivity contribution >= 4 is 17.7 Å². The number of carbonyl (C=O) groups excluding carboxylic acids is 1. The van der Waals surface area contributed by atoms with Crippen LogP contribution in [0.25, 0.3) is 0 Å². The standard InChI is InChI=1S/C11H18N6O2/c1-2-13-10(18)8-7-19-6-5-17(8)9-3-4-14-11(15-9)16-12/h3-4,8H,2,5-7,12H2,1H3,(H,13,18)(H,14,15,16). The van der Waals surface area contributed by atoms with Crippen LogP contribution in [0.15, 0.2) is 12.3 Å². The van der Waals surface area contributed by atoms with Crippen molar-refractivity contribution in [1.29, 1.82) is 0 Å². The van der Waals surface area contributed by atoms with Crippen molar-refractivity contribution in [3.8, 4) is 0 Å². The van der Waals surface area contributed by atoms with Crippen LogP contribution in [0.2, 0.25) is 0 Å². The molecule has 1 aromatic rings. The predicted molar refractivity (Wildman–Crippen MR) is 70.5 cm³/mol. The Kier molecular flexibility index (Phi) is 4.48. The van der Waals surface area contributed by atoms with Crippen LogP contribution >= 0.6 is 0 Å². The van der Waals surface area contributed by atoms with Gasteiger partial charge in [0.25, 0.3) is 0 Å². The minimum Gasteiger partial charge on any atom is -0.377 e. The van der Waals surface area contributed by atoms with E-state index in [1.807, 2.05) is 11.8 Å². The summed E-state index contributed by atoms with van der Waals surface area (Å²) in [7, 11) is 0. The van der Waals surface area contributed by atoms with E-state index in [0.717, 1.165) is 0 Å². The molecule has 1 unspecified atom stereocenters. The van der Waals surface area contributed by atoms with Crippen molar-refractivity contribution in [1.82, 2.24) is 15.3 Å². The van der Waals surface area contributed by atoms with E-state index < -0.39 is 0 Å². The summed E-state index contributed by atoms with van der Waals surface area (Å²) in [5, 5.41) is 2.80. The molecule has 1 fully saturated rings. The molecule has 8 nitrogen and oxygen atoms in total. The Labute approximate surface area is 111 Å². The summed E-state index contributed by atoms with van der Waals surface area (Å²) >= 11 is 0. The number of hydrogen-bond acceptors (Lipinski definition) is 7. The van der Waals surface area contributed by atoms with Crippen molar-refractivity contribution in [3.05, 3.63) is 12.3 Å². The van der Waals surface area contributed by atoms with Crippen molar-refractivity contribution in [3.63, 3.8) is 0 Å². The zero-order valence-corrected chi connectivity index (χ0v) is 10.8. The summed E-state index contributed by atoms with van der Waals surface area (Å²) < 4.78 is 5.37. The maximum absolute atomic E-state index is 12.0. The fourth-order valence-corrected chi connectivity index (χ4v) is 1.97. The first kappa shape index (κ1) is 13.5. The van der Waals surface area contributed by atoms with Crippen LogP contribution in [0.3, 0.4) is 0 Å². The maximum Gasteiger partial charge on any atom is 0.245 e. The summed E-state index contributed by atoms with van der Waals surface area (Å²) in [5.41, 5.74) is 2.39. The third-order valence-corrected chi connectivity index (χ3v) is 2.85. The number of hydrazine groups is 1. The Hall–Kier alpha value is -1.93. The largest absolute Gasteiger partial charge is 0.377 e. The lowest BCUT2D eigenvalue weighted by atomic mass is 10.2. The molecule has 1 aliphatic heterocycles. The first-order valence-corrected chi connectivity index (χ1v) is 6.18. The minimum absolute atomic E-state index is 0.0666. The Morgan fingerprint density at radius 2 is 2.53 bits per heavy atom. The highest BCUT2D eigenvalue weighted by atomic mass is 16.5. The lowest BCUT2D eigenvalue weighted by Gasteiger charge is -2.35. The number of rotatable bonds is 4. The second-order valence-corrected chi connectivity index (χ2v) is 4.06. The van der Waals surface area contributed by atoms with Gasteiger partial charge >= 0.3 is 0 Å². The molecule has 0 aromatic carbocycles. The molecule has 2 heterocycles. The van der Waals surface area contributed by atoms with E-state index in [2.05, 4.69) is 20.7 Å². The van der Waals surface area contributed by atoms with E-state index >= 15 is 0 Å². The highest BCUT2D eigenvalue weighted by Gasteiger charge is 2.30. The van der Waals surface area contributed by atoms with Crippen molar-refractivity contribution < 1.29 is 9.53 Å². The van der Waals surface area contributed by atoms with Crippen molar-refractivity contribution in [2.45, 2.75) is 13.0 Å². The van der Waals surface area contributed by atoms with Gasteiger partial charge < -0.3 is 15.0 Å². The van der Waals surface area contributed by atoms with Gasteiger partial charge in [-0.2, -0.15) is 4.98 Å². The van der Waals surface area contributed by atoms with Crippen LogP contribution in [0, 0.1) is 0 Å². The Balaban J connectivity index is 2.20. The average molecular weight is 266 g/mol. The molecule has 104 valence electrons. The van der Waals surface area contributed by atoms with Gasteiger partial charge in [-0.3, -0.25) is 10.2 Å².